The molecule has 0 spiro atoms. The normalized spacial score (nSPS) is 22.3. The van der Waals surface area contributed by atoms with Crippen molar-refractivity contribution in [2.45, 2.75) is 11.3 Å². The molecule has 132 valence electrons. The summed E-state index contributed by atoms with van der Waals surface area (Å²) in [5, 5.41) is 9.62. The van der Waals surface area contributed by atoms with E-state index in [-0.39, 0.29) is 11.4 Å². The van der Waals surface area contributed by atoms with Crippen LogP contribution in [0, 0.1) is 17.0 Å². The molecule has 1 saturated heterocycles. The van der Waals surface area contributed by atoms with Crippen molar-refractivity contribution in [2.75, 3.05) is 12.9 Å². The average Bonchev–Trinajstić information content (AvgIpc) is 2.55. The SMILES string of the molecule is COc1cccc(C2C(=N)NC(c3cc(F)ccc3F)CS2(=O)=O)c1. The molecule has 0 saturated carbocycles. The number of hydrogen-bond donors (Lipinski definition) is 2. The molecule has 1 fully saturated rings. The maximum absolute atomic E-state index is 14.0. The summed E-state index contributed by atoms with van der Waals surface area (Å²) >= 11 is 0. The standard InChI is InChI=1S/C17H16F2N2O3S/c1-24-12-4-2-3-10(7-12)16-17(20)21-15(9-25(16,22)23)13-8-11(18)5-6-14(13)19/h2-8,15-16H,9H2,1H3,(H2,20,21). The maximum atomic E-state index is 14.0. The molecule has 1 aliphatic rings. The first-order chi connectivity index (χ1) is 11.8. The van der Waals surface area contributed by atoms with Crippen LogP contribution in [-0.4, -0.2) is 27.1 Å². The molecule has 3 rings (SSSR count). The van der Waals surface area contributed by atoms with Gasteiger partial charge in [-0.1, -0.05) is 12.1 Å². The van der Waals surface area contributed by atoms with Gasteiger partial charge in [-0.15, -0.1) is 0 Å². The zero-order chi connectivity index (χ0) is 18.2. The number of hydrogen-bond acceptors (Lipinski definition) is 4. The van der Waals surface area contributed by atoms with Gasteiger partial charge in [0.15, 0.2) is 9.84 Å². The molecule has 5 nitrogen and oxygen atoms in total. The monoisotopic (exact) mass is 366 g/mol. The molecule has 2 aromatic carbocycles. The second kappa shape index (κ2) is 6.44. The van der Waals surface area contributed by atoms with E-state index >= 15 is 0 Å². The van der Waals surface area contributed by atoms with E-state index in [0.717, 1.165) is 18.2 Å². The fourth-order valence-electron chi connectivity index (χ4n) is 2.94. The first-order valence-electron chi connectivity index (χ1n) is 7.47. The lowest BCUT2D eigenvalue weighted by Gasteiger charge is -2.32. The maximum Gasteiger partial charge on any atom is 0.166 e. The molecule has 0 aromatic heterocycles. The van der Waals surface area contributed by atoms with Crippen molar-refractivity contribution in [3.05, 3.63) is 65.2 Å². The Morgan fingerprint density at radius 1 is 1.20 bits per heavy atom. The number of methoxy groups -OCH3 is 1. The summed E-state index contributed by atoms with van der Waals surface area (Å²) in [6.07, 6.45) is 0. The van der Waals surface area contributed by atoms with Gasteiger partial charge < -0.3 is 10.1 Å². The Morgan fingerprint density at radius 2 is 1.96 bits per heavy atom. The Labute approximate surface area is 144 Å². The summed E-state index contributed by atoms with van der Waals surface area (Å²) < 4.78 is 57.9. The fraction of sp³-hybridized carbons (Fsp3) is 0.235. The lowest BCUT2D eigenvalue weighted by molar-refractivity contribution is 0.414. The number of ether oxygens (including phenoxy) is 1. The molecule has 2 atom stereocenters. The second-order valence-corrected chi connectivity index (χ2v) is 7.89. The van der Waals surface area contributed by atoms with Crippen molar-refractivity contribution in [1.29, 1.82) is 5.41 Å². The summed E-state index contributed by atoms with van der Waals surface area (Å²) in [5.41, 5.74) is 0.271. The van der Waals surface area contributed by atoms with Crippen LogP contribution in [0.5, 0.6) is 5.75 Å². The van der Waals surface area contributed by atoms with E-state index in [9.17, 15) is 17.2 Å². The summed E-state index contributed by atoms with van der Waals surface area (Å²) in [7, 11) is -2.35. The zero-order valence-corrected chi connectivity index (χ0v) is 14.1. The van der Waals surface area contributed by atoms with Crippen LogP contribution in [0.4, 0.5) is 8.78 Å². The molecule has 8 heteroatoms. The number of nitrogens with one attached hydrogen (secondary N) is 2. The van der Waals surface area contributed by atoms with Gasteiger partial charge >= 0.3 is 0 Å². The third-order valence-electron chi connectivity index (χ3n) is 4.08. The van der Waals surface area contributed by atoms with E-state index in [1.165, 1.54) is 7.11 Å². The molecule has 0 bridgehead atoms. The van der Waals surface area contributed by atoms with Gasteiger partial charge in [-0.05, 0) is 35.9 Å². The van der Waals surface area contributed by atoms with Crippen molar-refractivity contribution in [3.8, 4) is 5.75 Å². The fourth-order valence-corrected chi connectivity index (χ4v) is 4.85. The van der Waals surface area contributed by atoms with Crippen LogP contribution in [0.15, 0.2) is 42.5 Å². The topological polar surface area (TPSA) is 79.2 Å². The van der Waals surface area contributed by atoms with E-state index in [0.29, 0.717) is 11.3 Å². The third-order valence-corrected chi connectivity index (χ3v) is 6.10. The Hall–Kier alpha value is -2.48. The van der Waals surface area contributed by atoms with Crippen molar-refractivity contribution in [2.24, 2.45) is 0 Å². The number of benzene rings is 2. The van der Waals surface area contributed by atoms with Crippen LogP contribution < -0.4 is 10.1 Å². The van der Waals surface area contributed by atoms with E-state index in [1.54, 1.807) is 24.3 Å². The Bertz CT molecular complexity index is 931. The Morgan fingerprint density at radius 3 is 2.64 bits per heavy atom. The van der Waals surface area contributed by atoms with Gasteiger partial charge in [-0.25, -0.2) is 17.2 Å². The first-order valence-corrected chi connectivity index (χ1v) is 9.19. The summed E-state index contributed by atoms with van der Waals surface area (Å²) in [6.45, 7) is 0. The average molecular weight is 366 g/mol. The summed E-state index contributed by atoms with van der Waals surface area (Å²) in [4.78, 5) is 0. The molecule has 0 amide bonds. The molecular weight excluding hydrogens is 350 g/mol. The Kier molecular flexibility index (Phi) is 4.47. The predicted molar refractivity (Wildman–Crippen MR) is 89.5 cm³/mol. The van der Waals surface area contributed by atoms with Gasteiger partial charge in [0.2, 0.25) is 0 Å². The van der Waals surface area contributed by atoms with Crippen LogP contribution >= 0.6 is 0 Å². The van der Waals surface area contributed by atoms with Crippen LogP contribution in [0.1, 0.15) is 22.4 Å². The van der Waals surface area contributed by atoms with Gasteiger partial charge in [-0.2, -0.15) is 0 Å². The van der Waals surface area contributed by atoms with Crippen molar-refractivity contribution < 1.29 is 21.9 Å². The molecule has 2 N–H and O–H groups in total. The first kappa shape index (κ1) is 17.3. The van der Waals surface area contributed by atoms with E-state index in [1.807, 2.05) is 0 Å². The van der Waals surface area contributed by atoms with Gasteiger partial charge in [-0.3, -0.25) is 5.41 Å². The minimum absolute atomic E-state index is 0.114. The van der Waals surface area contributed by atoms with Crippen LogP contribution in [0.3, 0.4) is 0 Å². The summed E-state index contributed by atoms with van der Waals surface area (Å²) in [6, 6.07) is 8.26. The van der Waals surface area contributed by atoms with Gasteiger partial charge in [0, 0.05) is 5.56 Å². The molecular formula is C17H16F2N2O3S. The molecule has 0 aliphatic carbocycles. The lowest BCUT2D eigenvalue weighted by atomic mass is 10.1. The molecule has 2 aromatic rings. The van der Waals surface area contributed by atoms with E-state index in [4.69, 9.17) is 10.1 Å². The smallest absolute Gasteiger partial charge is 0.166 e. The van der Waals surface area contributed by atoms with Gasteiger partial charge in [0.05, 0.1) is 18.9 Å². The molecule has 1 aliphatic heterocycles. The van der Waals surface area contributed by atoms with Crippen LogP contribution in [0.25, 0.3) is 0 Å². The number of rotatable bonds is 3. The van der Waals surface area contributed by atoms with Crippen molar-refractivity contribution >= 4 is 15.7 Å². The highest BCUT2D eigenvalue weighted by molar-refractivity contribution is 7.92. The quantitative estimate of drug-likeness (QED) is 0.875. The minimum atomic E-state index is -3.81. The molecule has 0 radical (unpaired) electrons. The minimum Gasteiger partial charge on any atom is -0.497 e. The number of amidine groups is 1. The lowest BCUT2D eigenvalue weighted by Crippen LogP contribution is -2.45. The number of sulfone groups is 1. The van der Waals surface area contributed by atoms with Crippen LogP contribution in [0.2, 0.25) is 0 Å². The second-order valence-electron chi connectivity index (χ2n) is 5.76. The molecule has 2 unspecified atom stereocenters. The van der Waals surface area contributed by atoms with Gasteiger partial charge in [0.1, 0.15) is 28.5 Å². The zero-order valence-electron chi connectivity index (χ0n) is 13.3. The highest BCUT2D eigenvalue weighted by atomic mass is 32.2. The molecule has 1 heterocycles. The predicted octanol–water partition coefficient (Wildman–Crippen LogP) is 2.75. The van der Waals surface area contributed by atoms with E-state index < -0.39 is 38.5 Å². The largest absolute Gasteiger partial charge is 0.497 e. The van der Waals surface area contributed by atoms with Crippen molar-refractivity contribution in [1.82, 2.24) is 5.32 Å². The van der Waals surface area contributed by atoms with Gasteiger partial charge in [0.25, 0.3) is 0 Å². The highest BCUT2D eigenvalue weighted by Crippen LogP contribution is 2.34. The molecule has 25 heavy (non-hydrogen) atoms. The third kappa shape index (κ3) is 3.34. The van der Waals surface area contributed by atoms with Crippen molar-refractivity contribution in [3.63, 3.8) is 0 Å². The number of halogens is 2. The summed E-state index contributed by atoms with van der Waals surface area (Å²) in [5.74, 6) is -1.65. The van der Waals surface area contributed by atoms with E-state index in [2.05, 4.69) is 5.32 Å². The highest BCUT2D eigenvalue weighted by Gasteiger charge is 2.40. The Balaban J connectivity index is 1.97. The van der Waals surface area contributed by atoms with Crippen LogP contribution in [-0.2, 0) is 9.84 Å².